The molecular weight excluding hydrogens is 286 g/mol. The first-order valence-corrected chi connectivity index (χ1v) is 7.62. The van der Waals surface area contributed by atoms with Crippen molar-refractivity contribution in [3.63, 3.8) is 0 Å². The van der Waals surface area contributed by atoms with E-state index in [-0.39, 0.29) is 41.0 Å². The summed E-state index contributed by atoms with van der Waals surface area (Å²) in [5.74, 6) is -1.31. The van der Waals surface area contributed by atoms with Crippen LogP contribution in [0.5, 0.6) is 0 Å². The fourth-order valence-electron chi connectivity index (χ4n) is 1.88. The van der Waals surface area contributed by atoms with Gasteiger partial charge in [-0.3, -0.25) is 0 Å². The zero-order valence-electron chi connectivity index (χ0n) is 11.6. The lowest BCUT2D eigenvalue weighted by Crippen LogP contribution is -2.30. The minimum Gasteiger partial charge on any atom is -0.478 e. The summed E-state index contributed by atoms with van der Waals surface area (Å²) in [6.07, 6.45) is 0.456. The molecule has 0 aromatic carbocycles. The monoisotopic (exact) mass is 305 g/mol. The summed E-state index contributed by atoms with van der Waals surface area (Å²) in [6, 6.07) is 0. The Labute approximate surface area is 117 Å². The highest BCUT2D eigenvalue weighted by atomic mass is 32.2. The van der Waals surface area contributed by atoms with Crippen LogP contribution in [0.25, 0.3) is 0 Å². The molecule has 114 valence electrons. The predicted octanol–water partition coefficient (Wildman–Crippen LogP) is 0.891. The smallest absolute Gasteiger partial charge is 0.340 e. The molecule has 8 heteroatoms. The molecule has 0 amide bonds. The third kappa shape index (κ3) is 3.59. The summed E-state index contributed by atoms with van der Waals surface area (Å²) in [5.41, 5.74) is -0.343. The first-order valence-electron chi connectivity index (χ1n) is 6.14. The Morgan fingerprint density at radius 2 is 1.95 bits per heavy atom. The van der Waals surface area contributed by atoms with Gasteiger partial charge in [-0.25, -0.2) is 17.9 Å². The molecule has 1 aromatic rings. The fourth-order valence-corrected chi connectivity index (χ4v) is 3.45. The second kappa shape index (κ2) is 6.38. The van der Waals surface area contributed by atoms with Crippen LogP contribution in [0, 0.1) is 19.8 Å². The zero-order valence-corrected chi connectivity index (χ0v) is 12.5. The molecule has 0 fully saturated rings. The number of carboxylic acids is 1. The van der Waals surface area contributed by atoms with Crippen LogP contribution in [0.2, 0.25) is 0 Å². The van der Waals surface area contributed by atoms with E-state index in [1.54, 1.807) is 6.92 Å². The minimum absolute atomic E-state index is 0.0346. The van der Waals surface area contributed by atoms with Gasteiger partial charge < -0.3 is 14.6 Å². The van der Waals surface area contributed by atoms with Crippen LogP contribution in [0.15, 0.2) is 9.31 Å². The van der Waals surface area contributed by atoms with E-state index in [4.69, 9.17) is 14.6 Å². The lowest BCUT2D eigenvalue weighted by Gasteiger charge is -2.11. The highest BCUT2D eigenvalue weighted by Crippen LogP contribution is 2.26. The molecule has 0 aliphatic carbocycles. The first-order chi connectivity index (χ1) is 9.20. The molecule has 7 nitrogen and oxygen atoms in total. The van der Waals surface area contributed by atoms with Gasteiger partial charge in [-0.15, -0.1) is 0 Å². The van der Waals surface area contributed by atoms with Crippen molar-refractivity contribution in [3.05, 3.63) is 17.1 Å². The van der Waals surface area contributed by atoms with Crippen molar-refractivity contribution in [3.8, 4) is 0 Å². The van der Waals surface area contributed by atoms with Gasteiger partial charge in [0, 0.05) is 13.2 Å². The van der Waals surface area contributed by atoms with Crippen molar-refractivity contribution in [1.29, 1.82) is 0 Å². The average molecular weight is 305 g/mol. The van der Waals surface area contributed by atoms with Crippen LogP contribution >= 0.6 is 0 Å². The zero-order chi connectivity index (χ0) is 15.5. The molecule has 0 radical (unpaired) electrons. The number of aromatic carboxylic acids is 1. The highest BCUT2D eigenvalue weighted by Gasteiger charge is 2.30. The van der Waals surface area contributed by atoms with Gasteiger partial charge in [0.25, 0.3) is 0 Å². The maximum atomic E-state index is 12.2. The molecule has 1 aromatic heterocycles. The Morgan fingerprint density at radius 1 is 1.35 bits per heavy atom. The number of carbonyl (C=O) groups is 1. The van der Waals surface area contributed by atoms with Crippen molar-refractivity contribution in [1.82, 2.24) is 4.72 Å². The Kier molecular flexibility index (Phi) is 5.32. The standard InChI is InChI=1S/C12H19NO6S/c1-7(4-5-14)6-13-20(17,18)11-9(3)19-8(2)10(11)12(15)16/h7,13-14H,4-6H2,1-3H3,(H,15,16). The van der Waals surface area contributed by atoms with Gasteiger partial charge in [0.05, 0.1) is 0 Å². The number of sulfonamides is 1. The molecule has 3 N–H and O–H groups in total. The van der Waals surface area contributed by atoms with Crippen LogP contribution < -0.4 is 4.72 Å². The van der Waals surface area contributed by atoms with Crippen molar-refractivity contribution >= 4 is 16.0 Å². The molecule has 1 unspecified atom stereocenters. The number of rotatable bonds is 7. The molecule has 20 heavy (non-hydrogen) atoms. The number of aryl methyl sites for hydroxylation is 2. The van der Waals surface area contributed by atoms with E-state index in [0.29, 0.717) is 6.42 Å². The van der Waals surface area contributed by atoms with Crippen molar-refractivity contribution in [2.24, 2.45) is 5.92 Å². The van der Waals surface area contributed by atoms with Gasteiger partial charge in [0.2, 0.25) is 10.0 Å². The number of hydrogen-bond acceptors (Lipinski definition) is 5. The maximum Gasteiger partial charge on any atom is 0.340 e. The molecular formula is C12H19NO6S. The Balaban J connectivity index is 3.07. The third-order valence-corrected chi connectivity index (χ3v) is 4.51. The van der Waals surface area contributed by atoms with Crippen LogP contribution in [0.1, 0.15) is 35.2 Å². The number of nitrogens with one attached hydrogen (secondary N) is 1. The predicted molar refractivity (Wildman–Crippen MR) is 71.2 cm³/mol. The molecule has 0 spiro atoms. The normalized spacial score (nSPS) is 13.4. The quantitative estimate of drug-likeness (QED) is 0.689. The molecule has 0 saturated carbocycles. The average Bonchev–Trinajstić information content (AvgIpc) is 2.63. The number of aliphatic hydroxyl groups excluding tert-OH is 1. The summed E-state index contributed by atoms with van der Waals surface area (Å²) in [6.45, 7) is 4.68. The van der Waals surface area contributed by atoms with Crippen molar-refractivity contribution in [2.45, 2.75) is 32.1 Å². The maximum absolute atomic E-state index is 12.2. The van der Waals surface area contributed by atoms with E-state index < -0.39 is 16.0 Å². The highest BCUT2D eigenvalue weighted by molar-refractivity contribution is 7.89. The summed E-state index contributed by atoms with van der Waals surface area (Å²) in [4.78, 5) is 10.8. The summed E-state index contributed by atoms with van der Waals surface area (Å²) in [7, 11) is -3.97. The van der Waals surface area contributed by atoms with Crippen molar-refractivity contribution in [2.75, 3.05) is 13.2 Å². The Morgan fingerprint density at radius 3 is 2.45 bits per heavy atom. The lowest BCUT2D eigenvalue weighted by molar-refractivity contribution is 0.0691. The van der Waals surface area contributed by atoms with Crippen LogP contribution in [0.3, 0.4) is 0 Å². The molecule has 1 rings (SSSR count). The van der Waals surface area contributed by atoms with E-state index in [1.165, 1.54) is 13.8 Å². The van der Waals surface area contributed by atoms with E-state index in [2.05, 4.69) is 4.72 Å². The van der Waals surface area contributed by atoms with Crippen LogP contribution in [0.4, 0.5) is 0 Å². The number of aliphatic hydroxyl groups is 1. The first kappa shape index (κ1) is 16.7. The lowest BCUT2D eigenvalue weighted by atomic mass is 10.1. The molecule has 0 saturated heterocycles. The molecule has 0 bridgehead atoms. The van der Waals surface area contributed by atoms with Crippen molar-refractivity contribution < 1.29 is 27.8 Å². The van der Waals surface area contributed by atoms with E-state index in [9.17, 15) is 13.2 Å². The summed E-state index contributed by atoms with van der Waals surface area (Å²) >= 11 is 0. The largest absolute Gasteiger partial charge is 0.478 e. The van der Waals surface area contributed by atoms with Crippen LogP contribution in [-0.2, 0) is 10.0 Å². The fraction of sp³-hybridized carbons (Fsp3) is 0.583. The topological polar surface area (TPSA) is 117 Å². The Hall–Kier alpha value is -1.38. The summed E-state index contributed by atoms with van der Waals surface area (Å²) < 4.78 is 31.9. The van der Waals surface area contributed by atoms with Crippen LogP contribution in [-0.4, -0.2) is 37.8 Å². The molecule has 1 atom stereocenters. The number of hydrogen-bond donors (Lipinski definition) is 3. The van der Waals surface area contributed by atoms with E-state index >= 15 is 0 Å². The second-order valence-corrected chi connectivity index (χ2v) is 6.40. The van der Waals surface area contributed by atoms with Gasteiger partial charge in [-0.05, 0) is 26.2 Å². The van der Waals surface area contributed by atoms with Gasteiger partial charge in [-0.1, -0.05) is 6.92 Å². The minimum atomic E-state index is -3.97. The van der Waals surface area contributed by atoms with Gasteiger partial charge in [0.1, 0.15) is 22.0 Å². The SMILES string of the molecule is Cc1oc(C)c(S(=O)(=O)NCC(C)CCO)c1C(=O)O. The third-order valence-electron chi connectivity index (χ3n) is 2.93. The second-order valence-electron chi connectivity index (χ2n) is 4.69. The number of furan rings is 1. The molecule has 0 aliphatic rings. The summed E-state index contributed by atoms with van der Waals surface area (Å²) in [5, 5.41) is 17.9. The Bertz CT molecular complexity index is 589. The molecule has 1 heterocycles. The number of carboxylic acid groups (broad SMARTS) is 1. The van der Waals surface area contributed by atoms with E-state index in [1.807, 2.05) is 0 Å². The molecule has 0 aliphatic heterocycles. The van der Waals surface area contributed by atoms with Gasteiger partial charge in [-0.2, -0.15) is 0 Å². The van der Waals surface area contributed by atoms with Gasteiger partial charge in [0.15, 0.2) is 0 Å². The van der Waals surface area contributed by atoms with E-state index in [0.717, 1.165) is 0 Å². The van der Waals surface area contributed by atoms with Gasteiger partial charge >= 0.3 is 5.97 Å².